The summed E-state index contributed by atoms with van der Waals surface area (Å²) in [7, 11) is 0. The lowest BCUT2D eigenvalue weighted by Crippen LogP contribution is -2.61. The number of rotatable bonds is 6. The Kier molecular flexibility index (Phi) is 11.6. The molecule has 1 aliphatic carbocycles. The first-order valence-electron chi connectivity index (χ1n) is 28.0. The van der Waals surface area contributed by atoms with Gasteiger partial charge in [-0.05, 0) is 167 Å². The molecule has 0 fully saturated rings. The molecule has 2 aliphatic heterocycles. The van der Waals surface area contributed by atoms with Crippen molar-refractivity contribution in [3.8, 4) is 22.3 Å². The lowest BCUT2D eigenvalue weighted by Gasteiger charge is -2.46. The van der Waals surface area contributed by atoms with Crippen molar-refractivity contribution in [3.05, 3.63) is 228 Å². The molecule has 12 rings (SSSR count). The van der Waals surface area contributed by atoms with Crippen molar-refractivity contribution in [2.75, 3.05) is 14.7 Å². The van der Waals surface area contributed by atoms with E-state index in [4.69, 9.17) is 0 Å². The highest BCUT2D eigenvalue weighted by molar-refractivity contribution is 7.00. The number of nitrogens with zero attached hydrogens (tertiary/aromatic N) is 3. The lowest BCUT2D eigenvalue weighted by molar-refractivity contribution is 0.589. The van der Waals surface area contributed by atoms with E-state index >= 15 is 0 Å². The van der Waals surface area contributed by atoms with Crippen LogP contribution in [0.5, 0.6) is 0 Å². The van der Waals surface area contributed by atoms with Crippen LogP contribution >= 0.6 is 0 Å². The SMILES string of the molecule is CC(C)(C)c1ccc(-c2cc(C(C)(C)C)ccc2N2c3ccc(C(C)(C)C)cc3B3c4ccc(N(c5ccccc5)c5ccccc5)cc4N(c4ccc5c(c4)C(C)(C)c4ccccc4-5)c4cc(C(C)(C)C)cc2c43)cc1. The van der Waals surface area contributed by atoms with Gasteiger partial charge in [-0.1, -0.05) is 212 Å². The molecule has 3 nitrogen and oxygen atoms in total. The summed E-state index contributed by atoms with van der Waals surface area (Å²) < 4.78 is 0. The van der Waals surface area contributed by atoms with E-state index in [0.717, 1.165) is 22.7 Å². The zero-order valence-corrected chi connectivity index (χ0v) is 47.9. The maximum Gasteiger partial charge on any atom is 0.252 e. The second-order valence-electron chi connectivity index (χ2n) is 26.8. The Labute approximate surface area is 460 Å². The van der Waals surface area contributed by atoms with Crippen LogP contribution in [0.2, 0.25) is 0 Å². The monoisotopic (exact) mass is 1000 g/mol. The first-order chi connectivity index (χ1) is 36.5. The van der Waals surface area contributed by atoms with Crippen molar-refractivity contribution in [1.29, 1.82) is 0 Å². The van der Waals surface area contributed by atoms with Gasteiger partial charge in [-0.2, -0.15) is 0 Å². The van der Waals surface area contributed by atoms with Crippen molar-refractivity contribution in [3.63, 3.8) is 0 Å². The fourth-order valence-corrected chi connectivity index (χ4v) is 12.6. The summed E-state index contributed by atoms with van der Waals surface area (Å²) in [4.78, 5) is 7.71. The van der Waals surface area contributed by atoms with Crippen LogP contribution in [0.25, 0.3) is 22.3 Å². The van der Waals surface area contributed by atoms with Crippen LogP contribution in [0.3, 0.4) is 0 Å². The lowest BCUT2D eigenvalue weighted by atomic mass is 9.33. The van der Waals surface area contributed by atoms with E-state index in [1.165, 1.54) is 100 Å². The number of hydrogen-bond acceptors (Lipinski definition) is 3. The van der Waals surface area contributed by atoms with Crippen LogP contribution in [0.4, 0.5) is 51.2 Å². The Balaban J connectivity index is 1.19. The third-order valence-corrected chi connectivity index (χ3v) is 17.1. The van der Waals surface area contributed by atoms with Gasteiger partial charge in [0.15, 0.2) is 0 Å². The van der Waals surface area contributed by atoms with E-state index in [1.807, 2.05) is 0 Å². The van der Waals surface area contributed by atoms with Gasteiger partial charge in [0.2, 0.25) is 0 Å². The van der Waals surface area contributed by atoms with Gasteiger partial charge in [-0.15, -0.1) is 0 Å². The largest absolute Gasteiger partial charge is 0.311 e. The molecule has 0 aromatic heterocycles. The zero-order valence-electron chi connectivity index (χ0n) is 47.9. The highest BCUT2D eigenvalue weighted by atomic mass is 15.2. The third-order valence-electron chi connectivity index (χ3n) is 17.1. The Morgan fingerprint density at radius 3 is 1.49 bits per heavy atom. The molecule has 9 aromatic rings. The number of fused-ring (bicyclic) bond motifs is 7. The first-order valence-corrected chi connectivity index (χ1v) is 28.0. The Morgan fingerprint density at radius 1 is 0.351 bits per heavy atom. The van der Waals surface area contributed by atoms with E-state index in [0.29, 0.717) is 0 Å². The molecular formula is C73H74BN3. The van der Waals surface area contributed by atoms with Gasteiger partial charge in [0.25, 0.3) is 6.71 Å². The summed E-state index contributed by atoms with van der Waals surface area (Å²) in [6.45, 7) is 32.9. The molecule has 77 heavy (non-hydrogen) atoms. The molecule has 0 saturated heterocycles. The summed E-state index contributed by atoms with van der Waals surface area (Å²) in [6.07, 6.45) is 0. The summed E-state index contributed by atoms with van der Waals surface area (Å²) in [5.74, 6) is 0. The van der Waals surface area contributed by atoms with Gasteiger partial charge in [-0.3, -0.25) is 0 Å². The predicted molar refractivity (Wildman–Crippen MR) is 333 cm³/mol. The molecule has 0 radical (unpaired) electrons. The van der Waals surface area contributed by atoms with Gasteiger partial charge < -0.3 is 14.7 Å². The average molecular weight is 1000 g/mol. The van der Waals surface area contributed by atoms with E-state index < -0.39 is 0 Å². The highest BCUT2D eigenvalue weighted by Gasteiger charge is 2.46. The van der Waals surface area contributed by atoms with Crippen LogP contribution in [-0.2, 0) is 27.1 Å². The van der Waals surface area contributed by atoms with Crippen LogP contribution in [0.1, 0.15) is 130 Å². The minimum atomic E-state index is -0.186. The summed E-state index contributed by atoms with van der Waals surface area (Å²) >= 11 is 0. The molecule has 2 heterocycles. The highest BCUT2D eigenvalue weighted by Crippen LogP contribution is 2.54. The molecule has 0 amide bonds. The van der Waals surface area contributed by atoms with Gasteiger partial charge in [0.1, 0.15) is 0 Å². The molecule has 0 atom stereocenters. The van der Waals surface area contributed by atoms with Crippen molar-refractivity contribution in [1.82, 2.24) is 0 Å². The molecule has 384 valence electrons. The molecular weight excluding hydrogens is 930 g/mol. The van der Waals surface area contributed by atoms with Gasteiger partial charge in [0, 0.05) is 56.5 Å². The maximum absolute atomic E-state index is 2.65. The summed E-state index contributed by atoms with van der Waals surface area (Å²) in [5, 5.41) is 0. The summed E-state index contributed by atoms with van der Waals surface area (Å²) in [5.41, 5.74) is 27.1. The van der Waals surface area contributed by atoms with Gasteiger partial charge >= 0.3 is 0 Å². The van der Waals surface area contributed by atoms with Crippen LogP contribution in [-0.4, -0.2) is 6.71 Å². The minimum Gasteiger partial charge on any atom is -0.311 e. The fraction of sp³-hybridized carbons (Fsp3) is 0.260. The third kappa shape index (κ3) is 8.42. The van der Waals surface area contributed by atoms with Crippen LogP contribution < -0.4 is 31.1 Å². The number of hydrogen-bond donors (Lipinski definition) is 0. The molecule has 0 unspecified atom stereocenters. The van der Waals surface area contributed by atoms with E-state index in [2.05, 4.69) is 306 Å². The van der Waals surface area contributed by atoms with Crippen LogP contribution in [0, 0.1) is 0 Å². The first kappa shape index (κ1) is 50.3. The predicted octanol–water partition coefficient (Wildman–Crippen LogP) is 18.4. The van der Waals surface area contributed by atoms with Crippen molar-refractivity contribution >= 4 is 74.3 Å². The smallest absolute Gasteiger partial charge is 0.252 e. The Bertz CT molecular complexity index is 3720. The van der Waals surface area contributed by atoms with E-state index in [-0.39, 0.29) is 33.8 Å². The van der Waals surface area contributed by atoms with E-state index in [9.17, 15) is 0 Å². The molecule has 0 spiro atoms. The standard InChI is InChI=1S/C73H74BN3/c1-69(2,3)48-31-29-47(30-32-48)58-41-49(70(4,5)6)33-39-63(58)77-64-40-34-50(71(7,8)9)42-62(64)74-61-38-36-55(75(52-23-17-15-18-24-52)53-25-19-16-20-26-53)46-65(61)76(66-43-51(72(10,11)12)44-67(77)68(66)74)54-35-37-57-56-27-21-22-28-59(56)73(13,14)60(57)45-54/h15-46H,1-14H3. The number of benzene rings is 9. The zero-order chi connectivity index (χ0) is 54.1. The van der Waals surface area contributed by atoms with Crippen molar-refractivity contribution in [2.24, 2.45) is 0 Å². The van der Waals surface area contributed by atoms with Crippen molar-refractivity contribution < 1.29 is 0 Å². The molecule has 0 bridgehead atoms. The normalized spacial score (nSPS) is 14.4. The van der Waals surface area contributed by atoms with Gasteiger partial charge in [0.05, 0.1) is 5.69 Å². The maximum atomic E-state index is 2.65. The summed E-state index contributed by atoms with van der Waals surface area (Å²) in [6, 6.07) is 74.5. The molecule has 0 N–H and O–H groups in total. The topological polar surface area (TPSA) is 9.72 Å². The average Bonchev–Trinajstić information content (AvgIpc) is 3.71. The molecule has 3 aliphatic rings. The Morgan fingerprint density at radius 2 is 0.883 bits per heavy atom. The quantitative estimate of drug-likeness (QED) is 0.154. The minimum absolute atomic E-state index is 0.0372. The number of anilines is 9. The number of para-hydroxylation sites is 2. The molecule has 9 aromatic carbocycles. The second-order valence-corrected chi connectivity index (χ2v) is 26.8. The molecule has 0 saturated carbocycles. The van der Waals surface area contributed by atoms with Crippen molar-refractivity contribution in [2.45, 2.75) is 124 Å². The van der Waals surface area contributed by atoms with E-state index in [1.54, 1.807) is 0 Å². The second kappa shape index (κ2) is 17.7. The Hall–Kier alpha value is -7.56. The molecule has 4 heteroatoms. The fourth-order valence-electron chi connectivity index (χ4n) is 12.6. The van der Waals surface area contributed by atoms with Crippen LogP contribution in [0.15, 0.2) is 194 Å². The van der Waals surface area contributed by atoms with Gasteiger partial charge in [-0.25, -0.2) is 0 Å².